The lowest BCUT2D eigenvalue weighted by atomic mass is 9.73. The number of imide groups is 1. The molecular formula is C19H24FNO4. The predicted molar refractivity (Wildman–Crippen MR) is 88.9 cm³/mol. The number of halogens is 1. The average Bonchev–Trinajstić information content (AvgIpc) is 2.81. The lowest BCUT2D eigenvalue weighted by Crippen LogP contribution is -2.42. The minimum atomic E-state index is -0.974. The highest BCUT2D eigenvalue weighted by Crippen LogP contribution is 2.45. The molecule has 1 saturated carbocycles. The molecule has 136 valence electrons. The van der Waals surface area contributed by atoms with E-state index in [1.54, 1.807) is 18.2 Å². The molecule has 1 aliphatic heterocycles. The summed E-state index contributed by atoms with van der Waals surface area (Å²) in [6.07, 6.45) is 3.85. The molecule has 0 bridgehead atoms. The molecule has 0 radical (unpaired) electrons. The highest BCUT2D eigenvalue weighted by molar-refractivity contribution is 6.05. The fourth-order valence-corrected chi connectivity index (χ4v) is 3.85. The van der Waals surface area contributed by atoms with Crippen molar-refractivity contribution in [3.05, 3.63) is 35.6 Å². The van der Waals surface area contributed by atoms with Gasteiger partial charge in [0.1, 0.15) is 5.82 Å². The van der Waals surface area contributed by atoms with Crippen molar-refractivity contribution in [3.63, 3.8) is 0 Å². The highest BCUT2D eigenvalue weighted by atomic mass is 19.1. The van der Waals surface area contributed by atoms with Gasteiger partial charge >= 0.3 is 0 Å². The van der Waals surface area contributed by atoms with Crippen LogP contribution in [0.4, 0.5) is 4.39 Å². The monoisotopic (exact) mass is 349 g/mol. The second-order valence-electron chi connectivity index (χ2n) is 7.09. The first-order chi connectivity index (χ1) is 12.0. The number of carbonyl (C=O) groups is 2. The summed E-state index contributed by atoms with van der Waals surface area (Å²) in [6, 6.07) is 6.27. The number of rotatable bonds is 6. The molecular weight excluding hydrogens is 325 g/mol. The molecule has 1 aliphatic carbocycles. The topological polar surface area (TPSA) is 66.8 Å². The molecule has 1 heterocycles. The van der Waals surface area contributed by atoms with Crippen LogP contribution in [0, 0.1) is 11.2 Å². The van der Waals surface area contributed by atoms with Crippen LogP contribution in [0.2, 0.25) is 0 Å². The van der Waals surface area contributed by atoms with E-state index in [4.69, 9.17) is 4.74 Å². The number of benzene rings is 1. The number of aliphatic hydroxyl groups is 1. The normalized spacial score (nSPS) is 21.1. The Bertz CT molecular complexity index is 642. The minimum Gasteiger partial charge on any atom is -0.389 e. The third-order valence-corrected chi connectivity index (χ3v) is 5.22. The predicted octanol–water partition coefficient (Wildman–Crippen LogP) is 2.41. The molecule has 2 aliphatic rings. The number of hydrogen-bond acceptors (Lipinski definition) is 4. The van der Waals surface area contributed by atoms with Crippen LogP contribution < -0.4 is 0 Å². The molecule has 1 aromatic rings. The Balaban J connectivity index is 1.51. The Kier molecular flexibility index (Phi) is 5.49. The first-order valence-electron chi connectivity index (χ1n) is 8.86. The Morgan fingerprint density at radius 1 is 1.20 bits per heavy atom. The van der Waals surface area contributed by atoms with Gasteiger partial charge in [-0.25, -0.2) is 4.39 Å². The van der Waals surface area contributed by atoms with E-state index in [-0.39, 0.29) is 43.8 Å². The molecule has 1 spiro atoms. The van der Waals surface area contributed by atoms with Gasteiger partial charge in [0.05, 0.1) is 31.3 Å². The molecule has 1 N–H and O–H groups in total. The Hall–Kier alpha value is -1.79. The standard InChI is InChI=1S/C19H24FNO4/c20-16-7-3-2-6-14(16)12-25-13-15(22)11-21-17(23)10-19(18(21)24)8-4-1-5-9-19/h2-3,6-7,15,22H,1,4-5,8-13H2. The zero-order valence-corrected chi connectivity index (χ0v) is 14.2. The maximum Gasteiger partial charge on any atom is 0.235 e. The zero-order valence-electron chi connectivity index (χ0n) is 14.2. The van der Waals surface area contributed by atoms with Crippen LogP contribution in [0.25, 0.3) is 0 Å². The van der Waals surface area contributed by atoms with Gasteiger partial charge < -0.3 is 9.84 Å². The lowest BCUT2D eigenvalue weighted by molar-refractivity contribution is -0.144. The number of ether oxygens (including phenoxy) is 1. The van der Waals surface area contributed by atoms with E-state index in [2.05, 4.69) is 0 Å². The summed E-state index contributed by atoms with van der Waals surface area (Å²) in [5.74, 6) is -0.716. The Morgan fingerprint density at radius 3 is 2.64 bits per heavy atom. The summed E-state index contributed by atoms with van der Waals surface area (Å²) in [4.78, 5) is 26.1. The molecule has 1 aromatic carbocycles. The van der Waals surface area contributed by atoms with Crippen LogP contribution in [-0.2, 0) is 20.9 Å². The van der Waals surface area contributed by atoms with Crippen molar-refractivity contribution in [3.8, 4) is 0 Å². The summed E-state index contributed by atoms with van der Waals surface area (Å²) in [5.41, 5.74) is -0.132. The minimum absolute atomic E-state index is 0.0373. The van der Waals surface area contributed by atoms with Crippen LogP contribution in [-0.4, -0.2) is 41.1 Å². The van der Waals surface area contributed by atoms with Gasteiger partial charge in [-0.05, 0) is 18.9 Å². The molecule has 3 rings (SSSR count). The van der Waals surface area contributed by atoms with Crippen LogP contribution in [0.15, 0.2) is 24.3 Å². The number of carbonyl (C=O) groups excluding carboxylic acids is 2. The van der Waals surface area contributed by atoms with E-state index in [0.29, 0.717) is 5.56 Å². The van der Waals surface area contributed by atoms with Crippen LogP contribution in [0.3, 0.4) is 0 Å². The number of likely N-dealkylation sites (tertiary alicyclic amines) is 1. The van der Waals surface area contributed by atoms with E-state index in [0.717, 1.165) is 32.1 Å². The summed E-state index contributed by atoms with van der Waals surface area (Å²) in [7, 11) is 0. The van der Waals surface area contributed by atoms with Crippen LogP contribution in [0.5, 0.6) is 0 Å². The number of aliphatic hydroxyl groups excluding tert-OH is 1. The maximum atomic E-state index is 13.5. The van der Waals surface area contributed by atoms with Gasteiger partial charge in [0.15, 0.2) is 0 Å². The van der Waals surface area contributed by atoms with E-state index in [9.17, 15) is 19.1 Å². The van der Waals surface area contributed by atoms with Crippen molar-refractivity contribution in [1.82, 2.24) is 4.90 Å². The molecule has 5 nitrogen and oxygen atoms in total. The number of nitrogens with zero attached hydrogens (tertiary/aromatic N) is 1. The molecule has 1 atom stereocenters. The van der Waals surface area contributed by atoms with Crippen molar-refractivity contribution >= 4 is 11.8 Å². The van der Waals surface area contributed by atoms with Gasteiger partial charge in [-0.2, -0.15) is 0 Å². The number of hydrogen-bond donors (Lipinski definition) is 1. The number of amides is 2. The maximum absolute atomic E-state index is 13.5. The van der Waals surface area contributed by atoms with Gasteiger partial charge in [0.25, 0.3) is 0 Å². The van der Waals surface area contributed by atoms with E-state index in [1.807, 2.05) is 0 Å². The van der Waals surface area contributed by atoms with E-state index in [1.165, 1.54) is 11.0 Å². The average molecular weight is 349 g/mol. The van der Waals surface area contributed by atoms with Crippen molar-refractivity contribution in [2.75, 3.05) is 13.2 Å². The molecule has 1 saturated heterocycles. The van der Waals surface area contributed by atoms with E-state index >= 15 is 0 Å². The van der Waals surface area contributed by atoms with Crippen molar-refractivity contribution in [1.29, 1.82) is 0 Å². The number of β-amino-alcohol motifs (C(OH)–C–C–N with tert-alkyl or cyclic N) is 1. The fraction of sp³-hybridized carbons (Fsp3) is 0.579. The van der Waals surface area contributed by atoms with Crippen molar-refractivity contribution in [2.24, 2.45) is 5.41 Å². The molecule has 6 heteroatoms. The van der Waals surface area contributed by atoms with Crippen LogP contribution in [0.1, 0.15) is 44.1 Å². The summed E-state index contributed by atoms with van der Waals surface area (Å²) >= 11 is 0. The van der Waals surface area contributed by atoms with Gasteiger partial charge in [-0.1, -0.05) is 37.5 Å². The summed E-state index contributed by atoms with van der Waals surface area (Å²) in [6.45, 7) is -0.0787. The second-order valence-corrected chi connectivity index (χ2v) is 7.09. The highest BCUT2D eigenvalue weighted by Gasteiger charge is 2.51. The van der Waals surface area contributed by atoms with Gasteiger partial charge in [0, 0.05) is 12.0 Å². The lowest BCUT2D eigenvalue weighted by Gasteiger charge is -2.30. The Labute approximate surface area is 146 Å². The largest absolute Gasteiger partial charge is 0.389 e. The quantitative estimate of drug-likeness (QED) is 0.801. The molecule has 25 heavy (non-hydrogen) atoms. The smallest absolute Gasteiger partial charge is 0.235 e. The van der Waals surface area contributed by atoms with Crippen molar-refractivity contribution < 1.29 is 23.8 Å². The van der Waals surface area contributed by atoms with Crippen molar-refractivity contribution in [2.45, 2.75) is 51.2 Å². The van der Waals surface area contributed by atoms with Gasteiger partial charge in [0.2, 0.25) is 11.8 Å². The third kappa shape index (κ3) is 3.90. The molecule has 2 amide bonds. The van der Waals surface area contributed by atoms with E-state index < -0.39 is 11.5 Å². The van der Waals surface area contributed by atoms with Gasteiger partial charge in [-0.15, -0.1) is 0 Å². The Morgan fingerprint density at radius 2 is 1.92 bits per heavy atom. The zero-order chi connectivity index (χ0) is 17.9. The van der Waals surface area contributed by atoms with Crippen LogP contribution >= 0.6 is 0 Å². The molecule has 0 aromatic heterocycles. The summed E-state index contributed by atoms with van der Waals surface area (Å²) < 4.78 is 18.8. The second kappa shape index (κ2) is 7.62. The molecule has 1 unspecified atom stereocenters. The molecule has 2 fully saturated rings. The third-order valence-electron chi connectivity index (χ3n) is 5.22. The van der Waals surface area contributed by atoms with Gasteiger partial charge in [-0.3, -0.25) is 14.5 Å². The first-order valence-corrected chi connectivity index (χ1v) is 8.86. The summed E-state index contributed by atoms with van der Waals surface area (Å²) in [5, 5.41) is 10.1. The fourth-order valence-electron chi connectivity index (χ4n) is 3.85. The first kappa shape index (κ1) is 18.0. The SMILES string of the molecule is O=C1CC2(CCCCC2)C(=O)N1CC(O)COCc1ccccc1F.